The van der Waals surface area contributed by atoms with E-state index in [2.05, 4.69) is 110 Å². The summed E-state index contributed by atoms with van der Waals surface area (Å²) in [7, 11) is 0. The van der Waals surface area contributed by atoms with Crippen LogP contribution in [0.25, 0.3) is 0 Å². The summed E-state index contributed by atoms with van der Waals surface area (Å²) >= 11 is 0. The van der Waals surface area contributed by atoms with Gasteiger partial charge in [0.15, 0.2) is 0 Å². The molecule has 4 N–H and O–H groups in total. The fraction of sp³-hybridized carbons (Fsp3) is 0.628. The maximum atomic E-state index is 11.5. The van der Waals surface area contributed by atoms with Crippen molar-refractivity contribution in [1.29, 1.82) is 0 Å². The van der Waals surface area contributed by atoms with Gasteiger partial charge in [-0.15, -0.1) is 0 Å². The van der Waals surface area contributed by atoms with Crippen LogP contribution in [0.2, 0.25) is 0 Å². The molecule has 2 aliphatic rings. The number of hydrogen-bond acceptors (Lipinski definition) is 6. The SMILES string of the molecule is CC(C)(CN=Cc1cc(C(C)(C)C)cc(CCCN2CCC[N+]3=C2CCCCC3)c1O)N=Cc1cc(C(C)(C)C)cc(C(C)(C)C)c1O.O=C(O)O.[Co]. The quantitative estimate of drug-likeness (QED) is 0.149. The van der Waals surface area contributed by atoms with Gasteiger partial charge in [0, 0.05) is 58.7 Å². The van der Waals surface area contributed by atoms with Crippen molar-refractivity contribution in [1.82, 2.24) is 4.90 Å². The van der Waals surface area contributed by atoms with Crippen molar-refractivity contribution in [3.63, 3.8) is 0 Å². The Balaban J connectivity index is 0.00000185. The first-order valence-corrected chi connectivity index (χ1v) is 19.1. The Morgan fingerprint density at radius 1 is 0.774 bits per heavy atom. The van der Waals surface area contributed by atoms with Crippen LogP contribution in [0.1, 0.15) is 148 Å². The number of hydrogen-bond donors (Lipinski definition) is 4. The number of phenols is 2. The van der Waals surface area contributed by atoms with Crippen molar-refractivity contribution in [3.8, 4) is 11.5 Å². The molecule has 0 fully saturated rings. The average Bonchev–Trinajstić information content (AvgIpc) is 3.26. The molecule has 297 valence electrons. The van der Waals surface area contributed by atoms with Crippen LogP contribution >= 0.6 is 0 Å². The summed E-state index contributed by atoms with van der Waals surface area (Å²) in [5.74, 6) is 2.19. The van der Waals surface area contributed by atoms with Crippen molar-refractivity contribution in [2.75, 3.05) is 32.7 Å². The standard InChI is InChI=1S/C42H64N4O2.CH2O3.Co/c1-39(2,3)33-23-30(17-15-20-46-22-16-21-45-19-14-12-13-18-36(45)46)37(47)31(24-33)27-43-29-42(10,11)44-28-32-25-34(40(4,5)6)26-35(38(32)48)41(7,8)9;2-1(3)4;/h23-28H,12-22,29H2,1-11H3,(H-,43,44,47,48);(H2,2,3,4);/p+1. The molecule has 0 atom stereocenters. The number of rotatable bonds is 9. The molecule has 2 aromatic rings. The van der Waals surface area contributed by atoms with Crippen LogP contribution in [-0.2, 0) is 39.4 Å². The summed E-state index contributed by atoms with van der Waals surface area (Å²) in [4.78, 5) is 20.9. The Morgan fingerprint density at radius 3 is 1.92 bits per heavy atom. The second-order valence-corrected chi connectivity index (χ2v) is 18.3. The molecule has 0 saturated heterocycles. The number of aliphatic imine (C=N–C) groups is 2. The molecule has 53 heavy (non-hydrogen) atoms. The topological polar surface area (TPSA) is 129 Å². The molecule has 9 nitrogen and oxygen atoms in total. The maximum Gasteiger partial charge on any atom is 0.503 e. The van der Waals surface area contributed by atoms with Crippen LogP contribution < -0.4 is 0 Å². The van der Waals surface area contributed by atoms with Gasteiger partial charge < -0.3 is 20.4 Å². The van der Waals surface area contributed by atoms with Gasteiger partial charge in [-0.3, -0.25) is 19.5 Å². The number of nitrogens with zero attached hydrogens (tertiary/aromatic N) is 4. The molecule has 0 aromatic heterocycles. The number of aryl methyl sites for hydroxylation is 1. The fourth-order valence-corrected chi connectivity index (χ4v) is 6.78. The first-order valence-electron chi connectivity index (χ1n) is 19.1. The Kier molecular flexibility index (Phi) is 16.2. The van der Waals surface area contributed by atoms with Gasteiger partial charge in [-0.25, -0.2) is 4.79 Å². The van der Waals surface area contributed by atoms with E-state index in [-0.39, 0.29) is 33.0 Å². The predicted octanol–water partition coefficient (Wildman–Crippen LogP) is 9.15. The van der Waals surface area contributed by atoms with Crippen LogP contribution in [0.4, 0.5) is 4.79 Å². The van der Waals surface area contributed by atoms with E-state index in [9.17, 15) is 10.2 Å². The van der Waals surface area contributed by atoms with Crippen molar-refractivity contribution in [2.45, 2.75) is 143 Å². The largest absolute Gasteiger partial charge is 0.507 e. The van der Waals surface area contributed by atoms with Gasteiger partial charge in [-0.1, -0.05) is 74.4 Å². The summed E-state index contributed by atoms with van der Waals surface area (Å²) in [6.07, 6.45) is 10.0. The van der Waals surface area contributed by atoms with Crippen LogP contribution in [0.5, 0.6) is 11.5 Å². The van der Waals surface area contributed by atoms with E-state index in [1.165, 1.54) is 56.3 Å². The summed E-state index contributed by atoms with van der Waals surface area (Å²) in [6.45, 7) is 28.8. The van der Waals surface area contributed by atoms with E-state index < -0.39 is 11.7 Å². The molecule has 10 heteroatoms. The molecule has 0 amide bonds. The predicted molar refractivity (Wildman–Crippen MR) is 215 cm³/mol. The molecule has 0 spiro atoms. The zero-order valence-corrected chi connectivity index (χ0v) is 35.3. The van der Waals surface area contributed by atoms with Crippen molar-refractivity contribution in [3.05, 3.63) is 57.6 Å². The van der Waals surface area contributed by atoms with E-state index in [4.69, 9.17) is 25.0 Å². The molecule has 2 aromatic carbocycles. The second kappa shape index (κ2) is 18.8. The molecule has 4 rings (SSSR count). The van der Waals surface area contributed by atoms with E-state index in [0.717, 1.165) is 48.2 Å². The number of carbonyl (C=O) groups is 1. The maximum absolute atomic E-state index is 11.5. The third kappa shape index (κ3) is 13.8. The van der Waals surface area contributed by atoms with Crippen molar-refractivity contribution >= 4 is 24.4 Å². The number of benzene rings is 2. The average molecular weight is 779 g/mol. The summed E-state index contributed by atoms with van der Waals surface area (Å²) in [6, 6.07) is 8.48. The minimum absolute atomic E-state index is 0. The summed E-state index contributed by atoms with van der Waals surface area (Å²) in [5, 5.41) is 36.6. The van der Waals surface area contributed by atoms with Crippen molar-refractivity contribution in [2.24, 2.45) is 9.98 Å². The molecule has 0 unspecified atom stereocenters. The van der Waals surface area contributed by atoms with E-state index in [0.29, 0.717) is 18.0 Å². The van der Waals surface area contributed by atoms with Crippen LogP contribution in [-0.4, -0.2) is 92.6 Å². The van der Waals surface area contributed by atoms with Crippen LogP contribution in [0, 0.1) is 0 Å². The monoisotopic (exact) mass is 778 g/mol. The zero-order chi connectivity index (χ0) is 39.1. The Bertz CT molecular complexity index is 1640. The minimum Gasteiger partial charge on any atom is -0.507 e. The number of aromatic hydroxyl groups is 2. The number of carboxylic acid groups (broad SMARTS) is 2. The number of amidine groups is 1. The van der Waals surface area contributed by atoms with Crippen LogP contribution in [0.15, 0.2) is 34.3 Å². The molecule has 0 aliphatic carbocycles. The molecular formula is C43H67CoN4O5+. The first kappa shape index (κ1) is 45.8. The smallest absolute Gasteiger partial charge is 0.503 e. The normalized spacial score (nSPS) is 15.9. The van der Waals surface area contributed by atoms with Crippen molar-refractivity contribution < 1.29 is 46.6 Å². The van der Waals surface area contributed by atoms with Gasteiger partial charge in [0.2, 0.25) is 5.84 Å². The molecular weight excluding hydrogens is 711 g/mol. The minimum atomic E-state index is -1.83. The molecule has 2 aliphatic heterocycles. The van der Waals surface area contributed by atoms with Gasteiger partial charge in [-0.2, -0.15) is 0 Å². The molecule has 0 bridgehead atoms. The van der Waals surface area contributed by atoms with Gasteiger partial charge >= 0.3 is 6.16 Å². The number of phenolic OH excluding ortho intramolecular Hbond substituents is 2. The molecule has 2 heterocycles. The summed E-state index contributed by atoms with van der Waals surface area (Å²) < 4.78 is 2.63. The Labute approximate surface area is 329 Å². The van der Waals surface area contributed by atoms with E-state index in [1.807, 2.05) is 6.21 Å². The van der Waals surface area contributed by atoms with Crippen LogP contribution in [0.3, 0.4) is 0 Å². The Hall–Kier alpha value is -3.37. The third-order valence-electron chi connectivity index (χ3n) is 9.95. The molecule has 0 saturated carbocycles. The third-order valence-corrected chi connectivity index (χ3v) is 9.95. The first-order chi connectivity index (χ1) is 24.0. The Morgan fingerprint density at radius 2 is 1.34 bits per heavy atom. The summed E-state index contributed by atoms with van der Waals surface area (Å²) in [5.41, 5.74) is 5.02. The molecule has 1 radical (unpaired) electrons. The van der Waals surface area contributed by atoms with E-state index in [1.54, 1.807) is 12.1 Å². The van der Waals surface area contributed by atoms with Gasteiger partial charge in [0.25, 0.3) is 0 Å². The second-order valence-electron chi connectivity index (χ2n) is 18.3. The van der Waals surface area contributed by atoms with Gasteiger partial charge in [0.1, 0.15) is 11.5 Å². The van der Waals surface area contributed by atoms with Gasteiger partial charge in [0.05, 0.1) is 38.3 Å². The zero-order valence-electron chi connectivity index (χ0n) is 34.3. The van der Waals surface area contributed by atoms with Gasteiger partial charge in [-0.05, 0) is 91.0 Å². The fourth-order valence-electron chi connectivity index (χ4n) is 6.78. The van der Waals surface area contributed by atoms with E-state index >= 15 is 0 Å².